The van der Waals surface area contributed by atoms with Crippen LogP contribution in [0.3, 0.4) is 0 Å². The Balaban J connectivity index is 1.61. The lowest BCUT2D eigenvalue weighted by Crippen LogP contribution is -2.29. The summed E-state index contributed by atoms with van der Waals surface area (Å²) in [5.41, 5.74) is -0.257. The second-order valence-electron chi connectivity index (χ2n) is 6.56. The van der Waals surface area contributed by atoms with Crippen molar-refractivity contribution < 1.29 is 27.8 Å². The van der Waals surface area contributed by atoms with Gasteiger partial charge in [0.25, 0.3) is 0 Å². The van der Waals surface area contributed by atoms with Gasteiger partial charge in [-0.15, -0.1) is 0 Å². The topological polar surface area (TPSA) is 83.5 Å². The van der Waals surface area contributed by atoms with Crippen LogP contribution in [0.1, 0.15) is 17.5 Å². The normalized spacial score (nSPS) is 19.4. The zero-order valence-electron chi connectivity index (χ0n) is 14.9. The SMILES string of the molecule is O=C(C[C@@H]1CNC[C@H]1O)NCc1ccnc(Oc2ccccc2C(F)(F)F)c1. The largest absolute Gasteiger partial charge is 0.438 e. The maximum absolute atomic E-state index is 13.1. The van der Waals surface area contributed by atoms with E-state index in [1.54, 1.807) is 6.07 Å². The number of hydrogen-bond donors (Lipinski definition) is 3. The van der Waals surface area contributed by atoms with Crippen LogP contribution in [0.2, 0.25) is 0 Å². The third kappa shape index (κ3) is 5.20. The number of alkyl halides is 3. The van der Waals surface area contributed by atoms with Gasteiger partial charge in [-0.1, -0.05) is 12.1 Å². The van der Waals surface area contributed by atoms with Crippen molar-refractivity contribution in [1.29, 1.82) is 0 Å². The summed E-state index contributed by atoms with van der Waals surface area (Å²) in [6.07, 6.45) is -3.48. The number of carbonyl (C=O) groups is 1. The minimum Gasteiger partial charge on any atom is -0.438 e. The fourth-order valence-electron chi connectivity index (χ4n) is 2.96. The standard InChI is InChI=1S/C19H20F3N3O3/c20-19(21,22)14-3-1-2-4-16(14)28-18-7-12(5-6-24-18)9-25-17(27)8-13-10-23-11-15(13)26/h1-7,13,15,23,26H,8-11H2,(H,25,27)/t13-,15-/m1/s1. The average Bonchev–Trinajstić information content (AvgIpc) is 3.04. The number of aliphatic hydroxyl groups excluding tert-OH is 1. The van der Waals surface area contributed by atoms with Gasteiger partial charge in [0, 0.05) is 44.2 Å². The van der Waals surface area contributed by atoms with Gasteiger partial charge in [0.2, 0.25) is 11.8 Å². The van der Waals surface area contributed by atoms with E-state index in [2.05, 4.69) is 15.6 Å². The number of ether oxygens (including phenoxy) is 1. The molecular formula is C19H20F3N3O3. The molecule has 1 aliphatic heterocycles. The van der Waals surface area contributed by atoms with Gasteiger partial charge in [-0.3, -0.25) is 4.79 Å². The highest BCUT2D eigenvalue weighted by Crippen LogP contribution is 2.37. The third-order valence-corrected chi connectivity index (χ3v) is 4.45. The second-order valence-corrected chi connectivity index (χ2v) is 6.56. The lowest BCUT2D eigenvalue weighted by molar-refractivity contribution is -0.138. The summed E-state index contributed by atoms with van der Waals surface area (Å²) in [5.74, 6) is -0.685. The molecule has 1 saturated heterocycles. The number of aliphatic hydroxyl groups is 1. The van der Waals surface area contributed by atoms with Crippen molar-refractivity contribution in [3.63, 3.8) is 0 Å². The maximum atomic E-state index is 13.1. The van der Waals surface area contributed by atoms with Crippen molar-refractivity contribution in [3.8, 4) is 11.6 Å². The zero-order valence-corrected chi connectivity index (χ0v) is 14.9. The lowest BCUT2D eigenvalue weighted by Gasteiger charge is -2.14. The van der Waals surface area contributed by atoms with E-state index in [9.17, 15) is 23.1 Å². The predicted octanol–water partition coefficient (Wildman–Crippen LogP) is 2.48. The first-order valence-electron chi connectivity index (χ1n) is 8.77. The minimum absolute atomic E-state index is 0.00105. The highest BCUT2D eigenvalue weighted by molar-refractivity contribution is 5.76. The molecule has 6 nitrogen and oxygen atoms in total. The van der Waals surface area contributed by atoms with Crippen LogP contribution in [0.25, 0.3) is 0 Å². The predicted molar refractivity (Wildman–Crippen MR) is 94.6 cm³/mol. The molecule has 2 atom stereocenters. The zero-order chi connectivity index (χ0) is 20.1. The molecule has 0 radical (unpaired) electrons. The molecule has 150 valence electrons. The molecule has 1 amide bonds. The molecule has 0 saturated carbocycles. The highest BCUT2D eigenvalue weighted by atomic mass is 19.4. The Morgan fingerprint density at radius 3 is 2.79 bits per heavy atom. The Bertz CT molecular complexity index is 829. The first kappa shape index (κ1) is 20.1. The molecule has 2 heterocycles. The molecule has 1 fully saturated rings. The number of para-hydroxylation sites is 1. The van der Waals surface area contributed by atoms with Crippen LogP contribution in [0, 0.1) is 5.92 Å². The molecule has 3 rings (SSSR count). The van der Waals surface area contributed by atoms with Crippen molar-refractivity contribution in [3.05, 3.63) is 53.7 Å². The molecule has 2 aromatic rings. The van der Waals surface area contributed by atoms with Crippen LogP contribution in [-0.2, 0) is 17.5 Å². The van der Waals surface area contributed by atoms with Crippen molar-refractivity contribution in [2.45, 2.75) is 25.2 Å². The van der Waals surface area contributed by atoms with Gasteiger partial charge >= 0.3 is 6.18 Å². The molecule has 3 N–H and O–H groups in total. The molecule has 1 aliphatic rings. The molecule has 1 aromatic heterocycles. The third-order valence-electron chi connectivity index (χ3n) is 4.45. The summed E-state index contributed by atoms with van der Waals surface area (Å²) in [5, 5.41) is 15.5. The lowest BCUT2D eigenvalue weighted by atomic mass is 10.0. The second kappa shape index (κ2) is 8.57. The fourth-order valence-corrected chi connectivity index (χ4v) is 2.96. The number of hydrogen-bond acceptors (Lipinski definition) is 5. The monoisotopic (exact) mass is 395 g/mol. The fraction of sp³-hybridized carbons (Fsp3) is 0.368. The van der Waals surface area contributed by atoms with Crippen LogP contribution in [-0.4, -0.2) is 35.2 Å². The highest BCUT2D eigenvalue weighted by Gasteiger charge is 2.34. The van der Waals surface area contributed by atoms with E-state index in [-0.39, 0.29) is 36.4 Å². The number of β-amino-alcohol motifs (C(OH)–C–C–N with tert-alkyl or cyclic N) is 1. The Hall–Kier alpha value is -2.65. The minimum atomic E-state index is -4.54. The van der Waals surface area contributed by atoms with Crippen LogP contribution in [0.15, 0.2) is 42.6 Å². The number of rotatable bonds is 6. The molecule has 0 spiro atoms. The summed E-state index contributed by atoms with van der Waals surface area (Å²) in [4.78, 5) is 16.0. The summed E-state index contributed by atoms with van der Waals surface area (Å²) in [6, 6.07) is 7.99. The van der Waals surface area contributed by atoms with E-state index in [0.717, 1.165) is 6.07 Å². The summed E-state index contributed by atoms with van der Waals surface area (Å²) in [7, 11) is 0. The van der Waals surface area contributed by atoms with Crippen LogP contribution in [0.5, 0.6) is 11.6 Å². The van der Waals surface area contributed by atoms with E-state index in [4.69, 9.17) is 4.74 Å². The Morgan fingerprint density at radius 1 is 1.29 bits per heavy atom. The number of carbonyl (C=O) groups excluding carboxylic acids is 1. The molecule has 0 unspecified atom stereocenters. The smallest absolute Gasteiger partial charge is 0.419 e. The maximum Gasteiger partial charge on any atom is 0.419 e. The van der Waals surface area contributed by atoms with Gasteiger partial charge in [-0.05, 0) is 23.8 Å². The van der Waals surface area contributed by atoms with Gasteiger partial charge in [0.15, 0.2) is 0 Å². The molecule has 1 aromatic carbocycles. The first-order valence-corrected chi connectivity index (χ1v) is 8.77. The van der Waals surface area contributed by atoms with Gasteiger partial charge in [-0.2, -0.15) is 13.2 Å². The van der Waals surface area contributed by atoms with E-state index < -0.39 is 17.8 Å². The van der Waals surface area contributed by atoms with E-state index >= 15 is 0 Å². The summed E-state index contributed by atoms with van der Waals surface area (Å²) >= 11 is 0. The molecular weight excluding hydrogens is 375 g/mol. The Morgan fingerprint density at radius 2 is 2.07 bits per heavy atom. The van der Waals surface area contributed by atoms with Gasteiger partial charge < -0.3 is 20.5 Å². The van der Waals surface area contributed by atoms with E-state index in [1.807, 2.05) is 0 Å². The average molecular weight is 395 g/mol. The van der Waals surface area contributed by atoms with Crippen LogP contribution >= 0.6 is 0 Å². The molecule has 0 aliphatic carbocycles. The summed E-state index contributed by atoms with van der Waals surface area (Å²) < 4.78 is 44.5. The van der Waals surface area contributed by atoms with E-state index in [0.29, 0.717) is 18.7 Å². The van der Waals surface area contributed by atoms with Gasteiger partial charge in [0.05, 0.1) is 11.7 Å². The van der Waals surface area contributed by atoms with Crippen molar-refractivity contribution in [2.24, 2.45) is 5.92 Å². The number of nitrogens with one attached hydrogen (secondary N) is 2. The summed E-state index contributed by atoms with van der Waals surface area (Å²) in [6.45, 7) is 1.23. The number of halogens is 3. The Kier molecular flexibility index (Phi) is 6.15. The Labute approximate surface area is 159 Å². The number of amides is 1. The number of aromatic nitrogens is 1. The molecule has 0 bridgehead atoms. The first-order chi connectivity index (χ1) is 13.3. The van der Waals surface area contributed by atoms with Crippen molar-refractivity contribution >= 4 is 5.91 Å². The number of benzene rings is 1. The molecule has 9 heteroatoms. The molecule has 28 heavy (non-hydrogen) atoms. The van der Waals surface area contributed by atoms with Crippen molar-refractivity contribution in [2.75, 3.05) is 13.1 Å². The van der Waals surface area contributed by atoms with E-state index in [1.165, 1.54) is 30.5 Å². The van der Waals surface area contributed by atoms with Crippen LogP contribution in [0.4, 0.5) is 13.2 Å². The van der Waals surface area contributed by atoms with Gasteiger partial charge in [-0.25, -0.2) is 4.98 Å². The number of pyridine rings is 1. The van der Waals surface area contributed by atoms with Crippen molar-refractivity contribution in [1.82, 2.24) is 15.6 Å². The number of nitrogens with zero attached hydrogens (tertiary/aromatic N) is 1. The van der Waals surface area contributed by atoms with Crippen LogP contribution < -0.4 is 15.4 Å². The quantitative estimate of drug-likeness (QED) is 0.700. The van der Waals surface area contributed by atoms with Gasteiger partial charge in [0.1, 0.15) is 5.75 Å².